The van der Waals surface area contributed by atoms with Crippen LogP contribution >= 0.6 is 11.8 Å². The molecule has 0 aliphatic heterocycles. The number of hydrogen-bond donors (Lipinski definition) is 2. The highest BCUT2D eigenvalue weighted by Gasteiger charge is 2.02. The predicted octanol–water partition coefficient (Wildman–Crippen LogP) is 0.0708. The molecule has 0 amide bonds. The van der Waals surface area contributed by atoms with E-state index in [0.717, 1.165) is 0 Å². The Hall–Kier alpha value is -1.24. The largest absolute Gasteiger partial charge is 0.481 e. The number of aromatic amines is 1. The lowest BCUT2D eigenvalue weighted by atomic mass is 10.5. The second kappa shape index (κ2) is 4.70. The molecule has 0 bridgehead atoms. The quantitative estimate of drug-likeness (QED) is 0.659. The zero-order valence-electron chi connectivity index (χ0n) is 6.65. The highest BCUT2D eigenvalue weighted by Crippen LogP contribution is 2.08. The van der Waals surface area contributed by atoms with Gasteiger partial charge in [-0.05, 0) is 0 Å². The zero-order valence-corrected chi connectivity index (χ0v) is 7.47. The molecule has 1 aromatic rings. The minimum absolute atomic E-state index is 0.0965. The van der Waals surface area contributed by atoms with E-state index >= 15 is 0 Å². The number of hydrogen-bond acceptors (Lipinski definition) is 5. The van der Waals surface area contributed by atoms with Crippen molar-refractivity contribution in [2.45, 2.75) is 12.2 Å². The number of aromatic nitrogens is 2. The Kier molecular flexibility index (Phi) is 3.56. The van der Waals surface area contributed by atoms with Gasteiger partial charge in [0, 0.05) is 5.75 Å². The fourth-order valence-electron chi connectivity index (χ4n) is 0.641. The van der Waals surface area contributed by atoms with Gasteiger partial charge in [0.2, 0.25) is 5.89 Å². The summed E-state index contributed by atoms with van der Waals surface area (Å²) < 4.78 is 4.60. The topological polar surface area (TPSA) is 96.2 Å². The molecule has 0 aliphatic carbocycles. The zero-order chi connectivity index (χ0) is 9.68. The van der Waals surface area contributed by atoms with Crippen LogP contribution in [0.4, 0.5) is 0 Å². The van der Waals surface area contributed by atoms with Crippen LogP contribution in [0.2, 0.25) is 0 Å². The van der Waals surface area contributed by atoms with Gasteiger partial charge in [0.15, 0.2) is 0 Å². The van der Waals surface area contributed by atoms with Crippen LogP contribution in [0.15, 0.2) is 9.21 Å². The molecule has 0 saturated heterocycles. The fourth-order valence-corrected chi connectivity index (χ4v) is 1.40. The summed E-state index contributed by atoms with van der Waals surface area (Å²) in [7, 11) is 0. The number of carbonyl (C=O) groups is 1. The van der Waals surface area contributed by atoms with Crippen molar-refractivity contribution in [3.05, 3.63) is 16.4 Å². The van der Waals surface area contributed by atoms with Crippen molar-refractivity contribution in [2.24, 2.45) is 0 Å². The summed E-state index contributed by atoms with van der Waals surface area (Å²) in [5, 5.41) is 14.0. The third kappa shape index (κ3) is 3.79. The molecular formula is C6H8N2O4S. The second-order valence-electron chi connectivity index (χ2n) is 2.20. The third-order valence-electron chi connectivity index (χ3n) is 1.17. The van der Waals surface area contributed by atoms with E-state index in [1.165, 1.54) is 11.8 Å². The fraction of sp³-hybridized carbons (Fsp3) is 0.500. The number of carboxylic acid groups (broad SMARTS) is 1. The van der Waals surface area contributed by atoms with Gasteiger partial charge in [-0.1, -0.05) is 0 Å². The summed E-state index contributed by atoms with van der Waals surface area (Å²) in [6.07, 6.45) is 0.0965. The molecule has 2 N–H and O–H groups in total. The van der Waals surface area contributed by atoms with Gasteiger partial charge in [-0.2, -0.15) is 11.8 Å². The van der Waals surface area contributed by atoms with Crippen LogP contribution in [0.1, 0.15) is 12.3 Å². The Morgan fingerprint density at radius 3 is 3.00 bits per heavy atom. The van der Waals surface area contributed by atoms with Gasteiger partial charge in [0.25, 0.3) is 0 Å². The van der Waals surface area contributed by atoms with E-state index < -0.39 is 11.7 Å². The lowest BCUT2D eigenvalue weighted by Gasteiger charge is -1.93. The molecule has 0 spiro atoms. The van der Waals surface area contributed by atoms with Crippen molar-refractivity contribution in [3.8, 4) is 0 Å². The third-order valence-corrected chi connectivity index (χ3v) is 2.11. The van der Waals surface area contributed by atoms with Crippen LogP contribution in [0, 0.1) is 0 Å². The molecule has 0 saturated carbocycles. The van der Waals surface area contributed by atoms with E-state index in [1.807, 2.05) is 0 Å². The van der Waals surface area contributed by atoms with E-state index in [9.17, 15) is 9.59 Å². The maximum Gasteiger partial charge on any atom is 0.434 e. The van der Waals surface area contributed by atoms with Crippen LogP contribution in [-0.2, 0) is 10.5 Å². The van der Waals surface area contributed by atoms with Gasteiger partial charge < -0.3 is 9.52 Å². The average Bonchev–Trinajstić information content (AvgIpc) is 2.45. The molecule has 0 aliphatic rings. The van der Waals surface area contributed by atoms with E-state index in [-0.39, 0.29) is 6.42 Å². The van der Waals surface area contributed by atoms with Crippen LogP contribution in [0.5, 0.6) is 0 Å². The molecule has 1 rings (SSSR count). The lowest BCUT2D eigenvalue weighted by molar-refractivity contribution is -0.136. The van der Waals surface area contributed by atoms with Crippen LogP contribution < -0.4 is 5.76 Å². The number of nitrogens with zero attached hydrogens (tertiary/aromatic N) is 1. The van der Waals surface area contributed by atoms with Gasteiger partial charge in [0.1, 0.15) is 0 Å². The van der Waals surface area contributed by atoms with Crippen LogP contribution in [-0.4, -0.2) is 27.0 Å². The maximum absolute atomic E-state index is 10.4. The first kappa shape index (κ1) is 9.85. The first-order chi connectivity index (χ1) is 6.18. The van der Waals surface area contributed by atoms with E-state index in [1.54, 1.807) is 0 Å². The normalized spacial score (nSPS) is 10.2. The molecule has 72 valence electrons. The van der Waals surface area contributed by atoms with Crippen molar-refractivity contribution in [1.29, 1.82) is 0 Å². The summed E-state index contributed by atoms with van der Waals surface area (Å²) in [5.74, 6) is -0.247. The Bertz CT molecular complexity index is 331. The van der Waals surface area contributed by atoms with Gasteiger partial charge in [-0.25, -0.2) is 9.89 Å². The molecule has 13 heavy (non-hydrogen) atoms. The van der Waals surface area contributed by atoms with E-state index in [2.05, 4.69) is 14.6 Å². The number of carboxylic acids is 1. The SMILES string of the molecule is O=C(O)CCSCc1n[nH]c(=O)o1. The summed E-state index contributed by atoms with van der Waals surface area (Å²) in [6.45, 7) is 0. The van der Waals surface area contributed by atoms with Gasteiger partial charge in [0.05, 0.1) is 12.2 Å². The molecule has 0 unspecified atom stereocenters. The molecule has 1 heterocycles. The summed E-state index contributed by atoms with van der Waals surface area (Å²) >= 11 is 1.35. The second-order valence-corrected chi connectivity index (χ2v) is 3.31. The van der Waals surface area contributed by atoms with Crippen molar-refractivity contribution in [3.63, 3.8) is 0 Å². The van der Waals surface area contributed by atoms with Crippen molar-refractivity contribution in [2.75, 3.05) is 5.75 Å². The number of aliphatic carboxylic acids is 1. The van der Waals surface area contributed by atoms with Crippen molar-refractivity contribution < 1.29 is 14.3 Å². The van der Waals surface area contributed by atoms with Gasteiger partial charge in [-0.3, -0.25) is 4.79 Å². The highest BCUT2D eigenvalue weighted by molar-refractivity contribution is 7.98. The lowest BCUT2D eigenvalue weighted by Crippen LogP contribution is -1.96. The predicted molar refractivity (Wildman–Crippen MR) is 45.5 cm³/mol. The van der Waals surface area contributed by atoms with Gasteiger partial charge >= 0.3 is 11.7 Å². The molecule has 6 nitrogen and oxygen atoms in total. The minimum Gasteiger partial charge on any atom is -0.481 e. The van der Waals surface area contributed by atoms with Crippen molar-refractivity contribution >= 4 is 17.7 Å². The molecule has 1 aromatic heterocycles. The summed E-state index contributed by atoms with van der Waals surface area (Å²) in [6, 6.07) is 0. The number of thioether (sulfide) groups is 1. The van der Waals surface area contributed by atoms with Crippen molar-refractivity contribution in [1.82, 2.24) is 10.2 Å². The molecular weight excluding hydrogens is 196 g/mol. The maximum atomic E-state index is 10.4. The average molecular weight is 204 g/mol. The number of nitrogens with one attached hydrogen (secondary N) is 1. The Labute approximate surface area is 77.3 Å². The van der Waals surface area contributed by atoms with Gasteiger partial charge in [-0.15, -0.1) is 5.10 Å². The molecule has 0 aromatic carbocycles. The monoisotopic (exact) mass is 204 g/mol. The molecule has 0 fully saturated rings. The number of rotatable bonds is 5. The van der Waals surface area contributed by atoms with Crippen LogP contribution in [0.25, 0.3) is 0 Å². The highest BCUT2D eigenvalue weighted by atomic mass is 32.2. The Balaban J connectivity index is 2.20. The smallest absolute Gasteiger partial charge is 0.434 e. The Morgan fingerprint density at radius 1 is 1.69 bits per heavy atom. The first-order valence-electron chi connectivity index (χ1n) is 3.52. The van der Waals surface area contributed by atoms with E-state index in [0.29, 0.717) is 17.4 Å². The Morgan fingerprint density at radius 2 is 2.46 bits per heavy atom. The molecule has 0 atom stereocenters. The number of H-pyrrole nitrogens is 1. The van der Waals surface area contributed by atoms with E-state index in [4.69, 9.17) is 5.11 Å². The summed E-state index contributed by atoms with van der Waals surface area (Å²) in [5.41, 5.74) is 0. The molecule has 0 radical (unpaired) electrons. The standard InChI is InChI=1S/C6H8N2O4S/c9-5(10)1-2-13-3-4-7-8-6(11)12-4/h1-3H2,(H,8,11)(H,9,10). The van der Waals surface area contributed by atoms with Crippen LogP contribution in [0.3, 0.4) is 0 Å². The first-order valence-corrected chi connectivity index (χ1v) is 4.68. The molecule has 7 heteroatoms. The minimum atomic E-state index is -0.837. The summed E-state index contributed by atoms with van der Waals surface area (Å²) in [4.78, 5) is 20.5.